The number of carboxylic acid groups (broad SMARTS) is 1. The summed E-state index contributed by atoms with van der Waals surface area (Å²) in [6.07, 6.45) is 1.02. The van der Waals surface area contributed by atoms with Gasteiger partial charge >= 0.3 is 5.97 Å². The van der Waals surface area contributed by atoms with Crippen LogP contribution in [0.25, 0.3) is 0 Å². The predicted octanol–water partition coefficient (Wildman–Crippen LogP) is -0.680. The molecule has 10 nitrogen and oxygen atoms in total. The second-order valence-corrected chi connectivity index (χ2v) is 7.37. The molecule has 3 atom stereocenters. The number of nitrogens with one attached hydrogen (secondary N) is 2. The van der Waals surface area contributed by atoms with Crippen molar-refractivity contribution in [2.75, 3.05) is 6.54 Å². The molecule has 2 amide bonds. The number of guanidine groups is 1. The van der Waals surface area contributed by atoms with Crippen molar-refractivity contribution in [1.82, 2.24) is 10.6 Å². The fourth-order valence-corrected chi connectivity index (χ4v) is 2.76. The molecule has 0 radical (unpaired) electrons. The molecule has 0 aromatic heterocycles. The minimum Gasteiger partial charge on any atom is -0.480 e. The molecule has 0 aliphatic carbocycles. The van der Waals surface area contributed by atoms with Gasteiger partial charge in [-0.3, -0.25) is 14.6 Å². The van der Waals surface area contributed by atoms with Crippen molar-refractivity contribution in [3.63, 3.8) is 0 Å². The van der Waals surface area contributed by atoms with Crippen LogP contribution < -0.4 is 27.8 Å². The number of rotatable bonds is 12. The minimum absolute atomic E-state index is 0.0363. The van der Waals surface area contributed by atoms with E-state index >= 15 is 0 Å². The van der Waals surface area contributed by atoms with Crippen LogP contribution in [-0.2, 0) is 20.8 Å². The number of carbonyl (C=O) groups is 3. The molecule has 9 N–H and O–H groups in total. The van der Waals surface area contributed by atoms with E-state index in [0.29, 0.717) is 19.4 Å². The normalized spacial score (nSPS) is 13.7. The number of nitrogens with two attached hydrogens (primary N) is 3. The Labute approximate surface area is 176 Å². The third-order valence-electron chi connectivity index (χ3n) is 4.45. The second-order valence-electron chi connectivity index (χ2n) is 7.37. The largest absolute Gasteiger partial charge is 0.480 e. The van der Waals surface area contributed by atoms with E-state index < -0.39 is 35.9 Å². The summed E-state index contributed by atoms with van der Waals surface area (Å²) >= 11 is 0. The topological polar surface area (TPSA) is 186 Å². The van der Waals surface area contributed by atoms with Crippen LogP contribution >= 0.6 is 0 Å². The number of amides is 2. The third kappa shape index (κ3) is 8.91. The molecule has 10 heteroatoms. The lowest BCUT2D eigenvalue weighted by Crippen LogP contribution is -2.56. The van der Waals surface area contributed by atoms with Crippen molar-refractivity contribution >= 4 is 23.7 Å². The number of carbonyl (C=O) groups excluding carboxylic acids is 2. The van der Waals surface area contributed by atoms with Gasteiger partial charge in [0.05, 0.1) is 6.04 Å². The maximum atomic E-state index is 12.8. The number of hydrogen-bond acceptors (Lipinski definition) is 5. The highest BCUT2D eigenvalue weighted by Gasteiger charge is 2.29. The van der Waals surface area contributed by atoms with E-state index in [1.807, 2.05) is 30.3 Å². The zero-order valence-corrected chi connectivity index (χ0v) is 17.4. The summed E-state index contributed by atoms with van der Waals surface area (Å²) in [7, 11) is 0. The summed E-state index contributed by atoms with van der Waals surface area (Å²) in [5, 5.41) is 14.5. The summed E-state index contributed by atoms with van der Waals surface area (Å²) in [6.45, 7) is 3.72. The molecule has 0 fully saturated rings. The highest BCUT2D eigenvalue weighted by atomic mass is 16.4. The molecule has 3 unspecified atom stereocenters. The van der Waals surface area contributed by atoms with Crippen molar-refractivity contribution in [3.05, 3.63) is 35.9 Å². The number of hydrogen-bond donors (Lipinski definition) is 6. The zero-order chi connectivity index (χ0) is 22.7. The van der Waals surface area contributed by atoms with E-state index in [1.54, 1.807) is 13.8 Å². The summed E-state index contributed by atoms with van der Waals surface area (Å²) in [5.74, 6) is -2.59. The SMILES string of the molecule is CC(C)C(NC(=O)C(Cc1ccccc1)NC(=O)C(N)CCCN=C(N)N)C(=O)O. The van der Waals surface area contributed by atoms with Gasteiger partial charge in [0, 0.05) is 13.0 Å². The lowest BCUT2D eigenvalue weighted by Gasteiger charge is -2.24. The van der Waals surface area contributed by atoms with Gasteiger partial charge in [0.15, 0.2) is 5.96 Å². The van der Waals surface area contributed by atoms with Crippen LogP contribution in [0.4, 0.5) is 0 Å². The predicted molar refractivity (Wildman–Crippen MR) is 114 cm³/mol. The Hall–Kier alpha value is -3.14. The quantitative estimate of drug-likeness (QED) is 0.147. The van der Waals surface area contributed by atoms with Gasteiger partial charge in [-0.1, -0.05) is 44.2 Å². The molecule has 0 saturated heterocycles. The Balaban J connectivity index is 2.84. The van der Waals surface area contributed by atoms with Gasteiger partial charge in [0.25, 0.3) is 0 Å². The fourth-order valence-electron chi connectivity index (χ4n) is 2.76. The number of aliphatic carboxylic acids is 1. The molecule has 0 aliphatic heterocycles. The van der Waals surface area contributed by atoms with Crippen LogP contribution in [0, 0.1) is 5.92 Å². The Bertz CT molecular complexity index is 734. The lowest BCUT2D eigenvalue weighted by atomic mass is 10.0. The van der Waals surface area contributed by atoms with E-state index in [-0.39, 0.29) is 18.3 Å². The highest BCUT2D eigenvalue weighted by molar-refractivity contribution is 5.92. The number of nitrogens with zero attached hydrogens (tertiary/aromatic N) is 1. The summed E-state index contributed by atoms with van der Waals surface area (Å²) < 4.78 is 0. The molecule has 166 valence electrons. The smallest absolute Gasteiger partial charge is 0.326 e. The molecule has 0 aliphatic rings. The second kappa shape index (κ2) is 12.4. The van der Waals surface area contributed by atoms with Gasteiger partial charge in [-0.05, 0) is 24.3 Å². The molecule has 0 spiro atoms. The molecule has 30 heavy (non-hydrogen) atoms. The first-order valence-electron chi connectivity index (χ1n) is 9.80. The molecular weight excluding hydrogens is 388 g/mol. The van der Waals surface area contributed by atoms with Gasteiger partial charge in [-0.25, -0.2) is 4.79 Å². The van der Waals surface area contributed by atoms with Gasteiger partial charge in [0.1, 0.15) is 12.1 Å². The van der Waals surface area contributed by atoms with E-state index in [4.69, 9.17) is 17.2 Å². The Kier molecular flexibility index (Phi) is 10.3. The molecule has 1 aromatic carbocycles. The van der Waals surface area contributed by atoms with Crippen molar-refractivity contribution in [1.29, 1.82) is 0 Å². The molecule has 0 saturated carbocycles. The standard InChI is InChI=1S/C20H32N6O4/c1-12(2)16(19(29)30)26-18(28)15(11-13-7-4-3-5-8-13)25-17(27)14(21)9-6-10-24-20(22)23/h3-5,7-8,12,14-16H,6,9-11,21H2,1-2H3,(H,25,27)(H,26,28)(H,29,30)(H4,22,23,24). The number of benzene rings is 1. The van der Waals surface area contributed by atoms with Crippen molar-refractivity contribution in [3.8, 4) is 0 Å². The third-order valence-corrected chi connectivity index (χ3v) is 4.45. The Morgan fingerprint density at radius 3 is 2.23 bits per heavy atom. The Morgan fingerprint density at radius 2 is 1.70 bits per heavy atom. The van der Waals surface area contributed by atoms with Crippen LogP contribution in [-0.4, -0.2) is 53.5 Å². The van der Waals surface area contributed by atoms with Gasteiger partial charge < -0.3 is 32.9 Å². The van der Waals surface area contributed by atoms with E-state index in [1.165, 1.54) is 0 Å². The maximum absolute atomic E-state index is 12.8. The molecule has 0 heterocycles. The highest BCUT2D eigenvalue weighted by Crippen LogP contribution is 2.07. The first-order valence-corrected chi connectivity index (χ1v) is 9.80. The van der Waals surface area contributed by atoms with Crippen molar-refractivity contribution < 1.29 is 19.5 Å². The number of carboxylic acids is 1. The summed E-state index contributed by atoms with van der Waals surface area (Å²) in [5.41, 5.74) is 17.2. The fraction of sp³-hybridized carbons (Fsp3) is 0.500. The maximum Gasteiger partial charge on any atom is 0.326 e. The minimum atomic E-state index is -1.14. The van der Waals surface area contributed by atoms with Gasteiger partial charge in [-0.15, -0.1) is 0 Å². The monoisotopic (exact) mass is 420 g/mol. The first-order chi connectivity index (χ1) is 14.1. The van der Waals surface area contributed by atoms with E-state index in [9.17, 15) is 19.5 Å². The molecule has 1 rings (SSSR count). The number of aliphatic imine (C=N–C) groups is 1. The van der Waals surface area contributed by atoms with Crippen LogP contribution in [0.3, 0.4) is 0 Å². The Morgan fingerprint density at radius 1 is 1.07 bits per heavy atom. The van der Waals surface area contributed by atoms with Crippen molar-refractivity contribution in [2.24, 2.45) is 28.1 Å². The molecular formula is C20H32N6O4. The first kappa shape index (κ1) is 24.9. The van der Waals surface area contributed by atoms with Crippen LogP contribution in [0.5, 0.6) is 0 Å². The average Bonchev–Trinajstić information content (AvgIpc) is 2.68. The van der Waals surface area contributed by atoms with Gasteiger partial charge in [-0.2, -0.15) is 0 Å². The lowest BCUT2D eigenvalue weighted by molar-refractivity contribution is -0.143. The van der Waals surface area contributed by atoms with Crippen LogP contribution in [0.1, 0.15) is 32.3 Å². The van der Waals surface area contributed by atoms with Crippen molar-refractivity contribution in [2.45, 2.75) is 51.2 Å². The average molecular weight is 421 g/mol. The van der Waals surface area contributed by atoms with Crippen LogP contribution in [0.2, 0.25) is 0 Å². The van der Waals surface area contributed by atoms with Gasteiger partial charge in [0.2, 0.25) is 11.8 Å². The summed E-state index contributed by atoms with van der Waals surface area (Å²) in [4.78, 5) is 40.6. The zero-order valence-electron chi connectivity index (χ0n) is 17.4. The molecule has 1 aromatic rings. The van der Waals surface area contributed by atoms with Crippen LogP contribution in [0.15, 0.2) is 35.3 Å². The summed E-state index contributed by atoms with van der Waals surface area (Å²) in [6, 6.07) is 6.21. The van der Waals surface area contributed by atoms with E-state index in [2.05, 4.69) is 15.6 Å². The van der Waals surface area contributed by atoms with E-state index in [0.717, 1.165) is 5.56 Å². The molecule has 0 bridgehead atoms.